The van der Waals surface area contributed by atoms with Crippen molar-refractivity contribution in [2.45, 2.75) is 13.0 Å². The van der Waals surface area contributed by atoms with Crippen molar-refractivity contribution < 1.29 is 23.5 Å². The normalized spacial score (nSPS) is 11.2. The Morgan fingerprint density at radius 1 is 0.818 bits per heavy atom. The highest BCUT2D eigenvalue weighted by atomic mass is 19.1. The molecule has 3 N–H and O–H groups in total. The zero-order valence-electron chi connectivity index (χ0n) is 18.0. The number of hydrogen-bond acceptors (Lipinski definition) is 4. The molecule has 3 amide bonds. The van der Waals surface area contributed by atoms with Gasteiger partial charge < -0.3 is 20.7 Å². The van der Waals surface area contributed by atoms with Crippen LogP contribution in [0.25, 0.3) is 0 Å². The van der Waals surface area contributed by atoms with Crippen molar-refractivity contribution in [3.63, 3.8) is 0 Å². The summed E-state index contributed by atoms with van der Waals surface area (Å²) in [6, 6.07) is 20.7. The summed E-state index contributed by atoms with van der Waals surface area (Å²) in [5, 5.41) is 8.14. The van der Waals surface area contributed by atoms with Crippen LogP contribution in [0.5, 0.6) is 5.75 Å². The van der Waals surface area contributed by atoms with Crippen LogP contribution in [-0.4, -0.2) is 36.9 Å². The highest BCUT2D eigenvalue weighted by Crippen LogP contribution is 2.15. The number of benzene rings is 3. The molecule has 3 aromatic carbocycles. The molecule has 0 aliphatic carbocycles. The van der Waals surface area contributed by atoms with Gasteiger partial charge in [-0.25, -0.2) is 4.39 Å². The Bertz CT molecular complexity index is 1100. The quantitative estimate of drug-likeness (QED) is 0.436. The molecular formula is C25H24FN3O4. The van der Waals surface area contributed by atoms with E-state index in [0.29, 0.717) is 16.8 Å². The monoisotopic (exact) mass is 449 g/mol. The van der Waals surface area contributed by atoms with Gasteiger partial charge in [0, 0.05) is 36.0 Å². The maximum Gasteiger partial charge on any atom is 0.265 e. The number of nitrogens with one attached hydrogen (secondary N) is 3. The largest absolute Gasteiger partial charge is 0.481 e. The maximum absolute atomic E-state index is 13.2. The van der Waals surface area contributed by atoms with Gasteiger partial charge in [0.2, 0.25) is 0 Å². The fourth-order valence-corrected chi connectivity index (χ4v) is 2.89. The molecule has 3 aromatic rings. The molecule has 1 unspecified atom stereocenters. The lowest BCUT2D eigenvalue weighted by molar-refractivity contribution is -0.122. The van der Waals surface area contributed by atoms with E-state index < -0.39 is 17.8 Å². The summed E-state index contributed by atoms with van der Waals surface area (Å²) in [5.74, 6) is -1.12. The summed E-state index contributed by atoms with van der Waals surface area (Å²) in [7, 11) is 0. The third-order valence-corrected chi connectivity index (χ3v) is 4.62. The van der Waals surface area contributed by atoms with Crippen molar-refractivity contribution in [2.24, 2.45) is 0 Å². The number of rotatable bonds is 9. The standard InChI is InChI=1S/C25H24FN3O4/c1-17(33-22-9-5-8-20(26)16-22)23(30)29-21-12-10-19(11-13-21)25(32)28-15-14-27-24(31)18-6-3-2-4-7-18/h2-13,16-17H,14-15H2,1H3,(H,27,31)(H,28,32)(H,29,30). The smallest absolute Gasteiger partial charge is 0.265 e. The average Bonchev–Trinajstić information content (AvgIpc) is 2.82. The highest BCUT2D eigenvalue weighted by Gasteiger charge is 2.15. The molecule has 170 valence electrons. The Hall–Kier alpha value is -4.20. The minimum Gasteiger partial charge on any atom is -0.481 e. The molecule has 0 bridgehead atoms. The molecule has 1 atom stereocenters. The molecule has 0 fully saturated rings. The summed E-state index contributed by atoms with van der Waals surface area (Å²) < 4.78 is 18.7. The molecule has 7 nitrogen and oxygen atoms in total. The third-order valence-electron chi connectivity index (χ3n) is 4.62. The SMILES string of the molecule is CC(Oc1cccc(F)c1)C(=O)Nc1ccc(C(=O)NCCNC(=O)c2ccccc2)cc1. The molecular weight excluding hydrogens is 425 g/mol. The Morgan fingerprint density at radius 2 is 1.42 bits per heavy atom. The molecule has 0 spiro atoms. The van der Waals surface area contributed by atoms with Crippen molar-refractivity contribution in [1.82, 2.24) is 10.6 Å². The second-order valence-electron chi connectivity index (χ2n) is 7.16. The first-order valence-corrected chi connectivity index (χ1v) is 10.4. The molecule has 8 heteroatoms. The van der Waals surface area contributed by atoms with Crippen LogP contribution < -0.4 is 20.7 Å². The fourth-order valence-electron chi connectivity index (χ4n) is 2.89. The summed E-state index contributed by atoms with van der Waals surface area (Å²) in [4.78, 5) is 36.5. The predicted octanol–water partition coefficient (Wildman–Crippen LogP) is 3.39. The lowest BCUT2D eigenvalue weighted by Crippen LogP contribution is -2.34. The second kappa shape index (κ2) is 11.4. The van der Waals surface area contributed by atoms with Gasteiger partial charge in [0.15, 0.2) is 6.10 Å². The minimum atomic E-state index is -0.846. The number of anilines is 1. The van der Waals surface area contributed by atoms with E-state index in [1.165, 1.54) is 18.2 Å². The Balaban J connectivity index is 1.42. The van der Waals surface area contributed by atoms with E-state index in [2.05, 4.69) is 16.0 Å². The molecule has 0 saturated carbocycles. The fraction of sp³-hybridized carbons (Fsp3) is 0.160. The second-order valence-corrected chi connectivity index (χ2v) is 7.16. The molecule has 0 aliphatic heterocycles. The van der Waals surface area contributed by atoms with Crippen LogP contribution in [0.4, 0.5) is 10.1 Å². The number of ether oxygens (including phenoxy) is 1. The summed E-state index contributed by atoms with van der Waals surface area (Å²) >= 11 is 0. The van der Waals surface area contributed by atoms with Crippen molar-refractivity contribution in [3.05, 3.63) is 95.8 Å². The van der Waals surface area contributed by atoms with Crippen LogP contribution in [0.3, 0.4) is 0 Å². The minimum absolute atomic E-state index is 0.208. The number of amides is 3. The highest BCUT2D eigenvalue weighted by molar-refractivity contribution is 5.97. The van der Waals surface area contributed by atoms with Crippen LogP contribution in [0.15, 0.2) is 78.9 Å². The van der Waals surface area contributed by atoms with E-state index in [1.54, 1.807) is 61.5 Å². The van der Waals surface area contributed by atoms with Crippen molar-refractivity contribution in [3.8, 4) is 5.75 Å². The van der Waals surface area contributed by atoms with Gasteiger partial charge in [-0.15, -0.1) is 0 Å². The molecule has 0 aliphatic rings. The first kappa shape index (κ1) is 23.5. The summed E-state index contributed by atoms with van der Waals surface area (Å²) in [6.07, 6.45) is -0.846. The van der Waals surface area contributed by atoms with E-state index in [9.17, 15) is 18.8 Å². The topological polar surface area (TPSA) is 96.5 Å². The van der Waals surface area contributed by atoms with E-state index in [-0.39, 0.29) is 30.7 Å². The third kappa shape index (κ3) is 7.17. The molecule has 0 heterocycles. The summed E-state index contributed by atoms with van der Waals surface area (Å²) in [6.45, 7) is 2.11. The van der Waals surface area contributed by atoms with Crippen molar-refractivity contribution in [1.29, 1.82) is 0 Å². The van der Waals surface area contributed by atoms with Crippen molar-refractivity contribution in [2.75, 3.05) is 18.4 Å². The van der Waals surface area contributed by atoms with Gasteiger partial charge in [-0.3, -0.25) is 14.4 Å². The zero-order valence-corrected chi connectivity index (χ0v) is 18.0. The maximum atomic E-state index is 13.2. The lowest BCUT2D eigenvalue weighted by atomic mass is 10.2. The molecule has 33 heavy (non-hydrogen) atoms. The van der Waals surface area contributed by atoms with Crippen LogP contribution in [0, 0.1) is 5.82 Å². The van der Waals surface area contributed by atoms with Crippen molar-refractivity contribution >= 4 is 23.4 Å². The van der Waals surface area contributed by atoms with E-state index in [0.717, 1.165) is 0 Å². The number of hydrogen-bond donors (Lipinski definition) is 3. The van der Waals surface area contributed by atoms with Gasteiger partial charge in [-0.05, 0) is 55.5 Å². The zero-order chi connectivity index (χ0) is 23.6. The van der Waals surface area contributed by atoms with E-state index >= 15 is 0 Å². The van der Waals surface area contributed by atoms with Gasteiger partial charge in [0.05, 0.1) is 0 Å². The Labute approximate surface area is 191 Å². The van der Waals surface area contributed by atoms with E-state index in [1.807, 2.05) is 6.07 Å². The number of halogens is 1. The molecule has 3 rings (SSSR count). The van der Waals surface area contributed by atoms with Crippen LogP contribution in [0.2, 0.25) is 0 Å². The average molecular weight is 449 g/mol. The predicted molar refractivity (Wildman–Crippen MR) is 123 cm³/mol. The molecule has 0 saturated heterocycles. The van der Waals surface area contributed by atoms with Gasteiger partial charge >= 0.3 is 0 Å². The van der Waals surface area contributed by atoms with Gasteiger partial charge in [0.1, 0.15) is 11.6 Å². The van der Waals surface area contributed by atoms with Crippen LogP contribution in [-0.2, 0) is 4.79 Å². The van der Waals surface area contributed by atoms with Crippen LogP contribution >= 0.6 is 0 Å². The first-order chi connectivity index (χ1) is 15.9. The van der Waals surface area contributed by atoms with Gasteiger partial charge in [-0.1, -0.05) is 24.3 Å². The number of carbonyl (C=O) groups excluding carboxylic acids is 3. The molecule has 0 radical (unpaired) electrons. The number of carbonyl (C=O) groups is 3. The van der Waals surface area contributed by atoms with Gasteiger partial charge in [-0.2, -0.15) is 0 Å². The first-order valence-electron chi connectivity index (χ1n) is 10.4. The summed E-state index contributed by atoms with van der Waals surface area (Å²) in [5.41, 5.74) is 1.45. The lowest BCUT2D eigenvalue weighted by Gasteiger charge is -2.15. The van der Waals surface area contributed by atoms with Gasteiger partial charge in [0.25, 0.3) is 17.7 Å². The Morgan fingerprint density at radius 3 is 2.03 bits per heavy atom. The van der Waals surface area contributed by atoms with Crippen LogP contribution in [0.1, 0.15) is 27.6 Å². The molecule has 0 aromatic heterocycles. The Kier molecular flexibility index (Phi) is 8.13. The van der Waals surface area contributed by atoms with E-state index in [4.69, 9.17) is 4.74 Å².